The van der Waals surface area contributed by atoms with Crippen LogP contribution < -0.4 is 31.9 Å². The summed E-state index contributed by atoms with van der Waals surface area (Å²) in [6.07, 6.45) is 9.75. The number of hydrogen-bond acceptors (Lipinski definition) is 6. The van der Waals surface area contributed by atoms with Crippen molar-refractivity contribution in [1.29, 1.82) is 0 Å². The lowest BCUT2D eigenvalue weighted by molar-refractivity contribution is 0.310. The van der Waals surface area contributed by atoms with Crippen molar-refractivity contribution in [3.05, 3.63) is 298 Å². The highest BCUT2D eigenvalue weighted by Crippen LogP contribution is 2.63. The van der Waals surface area contributed by atoms with E-state index in [0.29, 0.717) is 0 Å². The number of hydrogen-bond donors (Lipinski definition) is 0. The Labute approximate surface area is 819 Å². The Morgan fingerprint density at radius 3 is 1.09 bits per heavy atom. The van der Waals surface area contributed by atoms with Crippen molar-refractivity contribution in [2.24, 2.45) is 0 Å². The van der Waals surface area contributed by atoms with E-state index in [-0.39, 0.29) is 67.8 Å². The second-order valence-corrected chi connectivity index (χ2v) is 52.2. The molecular formula is C128H120B2N4O2S2. The zero-order valence-corrected chi connectivity index (χ0v) is 85.6. The van der Waals surface area contributed by atoms with Gasteiger partial charge in [-0.25, -0.2) is 0 Å². The summed E-state index contributed by atoms with van der Waals surface area (Å²) in [6, 6.07) is 94.7. The molecule has 20 aromatic rings. The first-order valence-corrected chi connectivity index (χ1v) is 52.8. The van der Waals surface area contributed by atoms with Gasteiger partial charge in [0.15, 0.2) is 0 Å². The second kappa shape index (κ2) is 27.3. The van der Waals surface area contributed by atoms with Crippen molar-refractivity contribution < 1.29 is 8.83 Å². The van der Waals surface area contributed by atoms with E-state index >= 15 is 0 Å². The Balaban J connectivity index is 0.646. The fraction of sp³-hybridized carbons (Fsp3) is 0.312. The van der Waals surface area contributed by atoms with Crippen LogP contribution in [0.25, 0.3) is 162 Å². The van der Waals surface area contributed by atoms with Crippen molar-refractivity contribution in [1.82, 2.24) is 9.13 Å². The molecule has 6 nitrogen and oxygen atoms in total. The van der Waals surface area contributed by atoms with Crippen LogP contribution in [-0.2, 0) is 60.6 Å². The normalized spacial score (nSPS) is 19.1. The van der Waals surface area contributed by atoms with E-state index < -0.39 is 0 Å². The van der Waals surface area contributed by atoms with Crippen LogP contribution in [-0.4, -0.2) is 22.8 Å². The van der Waals surface area contributed by atoms with E-state index in [4.69, 9.17) is 8.83 Å². The first kappa shape index (κ1) is 84.0. The van der Waals surface area contributed by atoms with E-state index in [9.17, 15) is 0 Å². The van der Waals surface area contributed by atoms with Gasteiger partial charge >= 0.3 is 13.7 Å². The molecule has 1 unspecified atom stereocenters. The van der Waals surface area contributed by atoms with Gasteiger partial charge in [0.25, 0.3) is 0 Å². The average molecular weight is 1830 g/mol. The smallest absolute Gasteiger partial charge is 0.375 e. The molecule has 0 bridgehead atoms. The van der Waals surface area contributed by atoms with Gasteiger partial charge in [-0.05, 0) is 327 Å². The third kappa shape index (κ3) is 11.3. The number of aromatic nitrogens is 2. The lowest BCUT2D eigenvalue weighted by Gasteiger charge is -2.47. The summed E-state index contributed by atoms with van der Waals surface area (Å²) in [4.78, 5) is 5.52. The molecule has 682 valence electrons. The Morgan fingerprint density at radius 1 is 0.319 bits per heavy atom. The number of furan rings is 2. The Hall–Kier alpha value is -12.1. The predicted octanol–water partition coefficient (Wildman–Crippen LogP) is 33.1. The molecule has 138 heavy (non-hydrogen) atoms. The fourth-order valence-corrected chi connectivity index (χ4v) is 30.4. The highest BCUT2D eigenvalue weighted by molar-refractivity contribution is 7.27. The molecule has 0 saturated heterocycles. The Morgan fingerprint density at radius 2 is 0.674 bits per heavy atom. The molecule has 14 aromatic carbocycles. The van der Waals surface area contributed by atoms with Crippen LogP contribution in [0.3, 0.4) is 0 Å². The van der Waals surface area contributed by atoms with Crippen molar-refractivity contribution in [2.75, 3.05) is 9.62 Å². The summed E-state index contributed by atoms with van der Waals surface area (Å²) >= 11 is 4.01. The standard InChI is InChI=1S/C128H120B2N4O2S2/c1-119(2,3)75-41-45-77(46-42-75)133-97-67-93-89(123(11,12)53-56-126(93,17)18)63-83(97)103-105-79-31-25-27-33-101(79)137-115(105)107-82-62-88-92(125(15,16)55-52-122(88,9)10)66-96(82)132-112-86-60-74(40-50-100(86)136-117(112)129(133)109(103)113(107)132)72-37-35-70(36-38-72)69-128(21)58-57-127(19,20)90-64-84-98(68-94(90)128)134(78-47-43-76(44-48-78)120(4,5)6)130-110-104(84)106-80-32-26-28-34-102(80)138-116(106)108-81-61-87-91(124(13,14)54-51-121(87,7)8)65-95(81)131(114(108)110)111-85-59-73(71-29-23-22-24-30-71)39-49-99(85)135-118(111)130/h22-50,59-68H,51-58,69H2,1-21H3. The van der Waals surface area contributed by atoms with Gasteiger partial charge in [0.05, 0.1) is 33.4 Å². The third-order valence-electron chi connectivity index (χ3n) is 36.3. The number of thiophene rings is 2. The Bertz CT molecular complexity index is 8870. The van der Waals surface area contributed by atoms with Crippen molar-refractivity contribution in [3.63, 3.8) is 0 Å². The monoisotopic (exact) mass is 1830 g/mol. The van der Waals surface area contributed by atoms with Crippen LogP contribution in [0.1, 0.15) is 258 Å². The van der Waals surface area contributed by atoms with Gasteiger partial charge < -0.3 is 27.6 Å². The number of benzene rings is 14. The van der Waals surface area contributed by atoms with Gasteiger partial charge in [0, 0.05) is 107 Å². The molecule has 0 radical (unpaired) electrons. The van der Waals surface area contributed by atoms with Gasteiger partial charge in [-0.3, -0.25) is 0 Å². The van der Waals surface area contributed by atoms with Crippen molar-refractivity contribution >= 4 is 187 Å². The van der Waals surface area contributed by atoms with Crippen LogP contribution in [0.15, 0.2) is 245 Å². The summed E-state index contributed by atoms with van der Waals surface area (Å²) in [5.41, 5.74) is 44.0. The van der Waals surface area contributed by atoms with Gasteiger partial charge in [0.2, 0.25) is 0 Å². The minimum Gasteiger partial charge on any atom is -0.466 e. The average Bonchev–Trinajstić information content (AvgIpc) is 1.48. The molecule has 4 aliphatic heterocycles. The van der Waals surface area contributed by atoms with Crippen LogP contribution in [0.2, 0.25) is 0 Å². The lowest BCUT2D eigenvalue weighted by Crippen LogP contribution is -2.60. The van der Waals surface area contributed by atoms with Gasteiger partial charge in [-0.1, -0.05) is 273 Å². The molecule has 0 N–H and O–H groups in total. The van der Waals surface area contributed by atoms with Crippen LogP contribution >= 0.6 is 22.7 Å². The minimum absolute atomic E-state index is 0.0105. The van der Waals surface area contributed by atoms with Gasteiger partial charge in [-0.2, -0.15) is 0 Å². The molecular weight excluding hydrogens is 1710 g/mol. The molecule has 10 heteroatoms. The summed E-state index contributed by atoms with van der Waals surface area (Å²) in [5, 5.41) is 13.1. The van der Waals surface area contributed by atoms with Crippen LogP contribution in [0, 0.1) is 0 Å². The number of fused-ring (bicyclic) bond motifs is 34. The summed E-state index contributed by atoms with van der Waals surface area (Å²) in [6.45, 7) is 51.2. The maximum atomic E-state index is 8.02. The van der Waals surface area contributed by atoms with Crippen LogP contribution in [0.4, 0.5) is 22.7 Å². The van der Waals surface area contributed by atoms with Crippen molar-refractivity contribution in [2.45, 2.75) is 257 Å². The van der Waals surface area contributed by atoms with Crippen LogP contribution in [0.5, 0.6) is 0 Å². The maximum absolute atomic E-state index is 8.02. The highest BCUT2D eigenvalue weighted by Gasteiger charge is 2.55. The first-order valence-electron chi connectivity index (χ1n) is 51.2. The minimum atomic E-state index is -0.349. The molecule has 28 rings (SSSR count). The largest absolute Gasteiger partial charge is 0.466 e. The van der Waals surface area contributed by atoms with E-state index in [0.717, 1.165) is 108 Å². The molecule has 0 fully saturated rings. The molecule has 8 aliphatic rings. The van der Waals surface area contributed by atoms with E-state index in [1.54, 1.807) is 0 Å². The predicted molar refractivity (Wildman–Crippen MR) is 592 cm³/mol. The molecule has 0 saturated carbocycles. The molecule has 4 aliphatic carbocycles. The lowest BCUT2D eigenvalue weighted by atomic mass is 9.46. The second-order valence-electron chi connectivity index (χ2n) is 50.1. The molecule has 6 aromatic heterocycles. The SMILES string of the molecule is CC(C)(C)c1ccc(N2B3c4oc5ccc(-c6ccc(CC7(C)CCC(C)(C)c8cc9c(cc87)N(c7ccc(C(C)(C)C)cc7)B7c8oc%10ccc(-c%11ccccc%11)cc%10c8-n8c%10cc%11c(cc%10c%10c%12sc%13ccccc%13c%12c-9c7c%108)C(C)(C)CCC%11(C)C)cc6)cc5c4-n4c5cc6c(cc5c5c7sc8ccccc8c7c(c3c54)-c3cc4c(cc32)C(C)(C)CCC4(C)C)C(C)(C)CCC6(C)C)cc1. The summed E-state index contributed by atoms with van der Waals surface area (Å²) in [7, 11) is 0. The van der Waals surface area contributed by atoms with Crippen molar-refractivity contribution in [3.8, 4) is 55.9 Å². The van der Waals surface area contributed by atoms with E-state index in [1.807, 2.05) is 22.7 Å². The molecule has 0 spiro atoms. The zero-order valence-electron chi connectivity index (χ0n) is 84.0. The topological polar surface area (TPSA) is 42.6 Å². The molecule has 0 amide bonds. The Kier molecular flexibility index (Phi) is 16.6. The summed E-state index contributed by atoms with van der Waals surface area (Å²) < 4.78 is 26.9. The summed E-state index contributed by atoms with van der Waals surface area (Å²) in [5.74, 6) is 0. The number of nitrogens with zero attached hydrogens (tertiary/aromatic N) is 4. The molecule has 1 atom stereocenters. The number of rotatable bonds is 6. The maximum Gasteiger partial charge on any atom is 0.375 e. The zero-order chi connectivity index (χ0) is 94.5. The van der Waals surface area contributed by atoms with Gasteiger partial charge in [0.1, 0.15) is 22.5 Å². The van der Waals surface area contributed by atoms with E-state index in [2.05, 4.69) is 401 Å². The third-order valence-corrected chi connectivity index (χ3v) is 38.7. The molecule has 10 heterocycles. The first-order chi connectivity index (χ1) is 65.7. The van der Waals surface area contributed by atoms with E-state index in [1.165, 1.54) is 218 Å². The quantitative estimate of drug-likeness (QED) is 0.156. The fourth-order valence-electron chi connectivity index (χ4n) is 27.9. The number of anilines is 4. The van der Waals surface area contributed by atoms with Gasteiger partial charge in [-0.15, -0.1) is 22.7 Å². The highest BCUT2D eigenvalue weighted by atomic mass is 32.1.